The van der Waals surface area contributed by atoms with Crippen LogP contribution in [0.4, 0.5) is 0 Å². The molecule has 0 amide bonds. The van der Waals surface area contributed by atoms with Crippen LogP contribution in [0, 0.1) is 6.07 Å². The molecule has 0 fully saturated rings. The molecule has 0 aliphatic rings. The summed E-state index contributed by atoms with van der Waals surface area (Å²) < 4.78 is 31.6. The largest absolute Gasteiger partial charge is 1.00 e. The number of rotatable bonds is 8. The van der Waals surface area contributed by atoms with Gasteiger partial charge in [-0.05, 0) is 0 Å². The molecule has 0 spiro atoms. The van der Waals surface area contributed by atoms with Gasteiger partial charge in [0.25, 0.3) is 0 Å². The van der Waals surface area contributed by atoms with E-state index in [0.717, 1.165) is 0 Å². The van der Waals surface area contributed by atoms with Crippen molar-refractivity contribution >= 4 is 10.4 Å². The number of hydrogen-bond donors (Lipinski definition) is 2. The van der Waals surface area contributed by atoms with Gasteiger partial charge in [0.1, 0.15) is 0 Å². The minimum absolute atomic E-state index is 0. The van der Waals surface area contributed by atoms with Crippen molar-refractivity contribution in [2.24, 2.45) is 0 Å². The quantitative estimate of drug-likeness (QED) is 0.325. The fourth-order valence-electron chi connectivity index (χ4n) is 1.86. The van der Waals surface area contributed by atoms with Crippen LogP contribution in [0.3, 0.4) is 0 Å². The van der Waals surface area contributed by atoms with E-state index in [2.05, 4.69) is 25.1 Å². The molecule has 4 nitrogen and oxygen atoms in total. The molecular formula is C15H25NaO4S. The van der Waals surface area contributed by atoms with Gasteiger partial charge in [-0.3, -0.25) is 9.11 Å². The van der Waals surface area contributed by atoms with Crippen LogP contribution in [-0.2, 0) is 16.8 Å². The SMILES string of the molecule is CCCCCCCCCc1[c-]cccc1.O=S(=O)(O)O.[Na+]. The molecule has 2 N–H and O–H groups in total. The van der Waals surface area contributed by atoms with E-state index in [-0.39, 0.29) is 29.6 Å². The molecule has 0 saturated carbocycles. The van der Waals surface area contributed by atoms with E-state index in [4.69, 9.17) is 17.5 Å². The van der Waals surface area contributed by atoms with E-state index in [0.29, 0.717) is 0 Å². The monoisotopic (exact) mass is 324 g/mol. The molecule has 21 heavy (non-hydrogen) atoms. The van der Waals surface area contributed by atoms with Crippen LogP contribution < -0.4 is 29.6 Å². The Morgan fingerprint density at radius 1 is 1.00 bits per heavy atom. The van der Waals surface area contributed by atoms with Gasteiger partial charge in [0.05, 0.1) is 0 Å². The Balaban J connectivity index is 0. The van der Waals surface area contributed by atoms with E-state index in [1.54, 1.807) is 0 Å². The van der Waals surface area contributed by atoms with Crippen LogP contribution in [0.25, 0.3) is 0 Å². The summed E-state index contributed by atoms with van der Waals surface area (Å²) in [4.78, 5) is 0. The summed E-state index contributed by atoms with van der Waals surface area (Å²) in [5.41, 5.74) is 1.37. The summed E-state index contributed by atoms with van der Waals surface area (Å²) in [6.07, 6.45) is 10.9. The van der Waals surface area contributed by atoms with Crippen molar-refractivity contribution in [1.82, 2.24) is 0 Å². The zero-order valence-electron chi connectivity index (χ0n) is 13.1. The fourth-order valence-corrected chi connectivity index (χ4v) is 1.86. The van der Waals surface area contributed by atoms with Crippen molar-refractivity contribution in [3.05, 3.63) is 35.9 Å². The second-order valence-corrected chi connectivity index (χ2v) is 5.60. The minimum atomic E-state index is -4.67. The first-order valence-electron chi connectivity index (χ1n) is 7.09. The smallest absolute Gasteiger partial charge is 0.264 e. The van der Waals surface area contributed by atoms with Crippen LogP contribution in [-0.4, -0.2) is 17.5 Å². The molecule has 6 heteroatoms. The molecule has 0 bridgehead atoms. The summed E-state index contributed by atoms with van der Waals surface area (Å²) in [7, 11) is -4.67. The van der Waals surface area contributed by atoms with Crippen LogP contribution in [0.1, 0.15) is 57.4 Å². The van der Waals surface area contributed by atoms with E-state index in [9.17, 15) is 0 Å². The predicted molar refractivity (Wildman–Crippen MR) is 81.2 cm³/mol. The van der Waals surface area contributed by atoms with E-state index in [1.807, 2.05) is 12.1 Å². The fraction of sp³-hybridized carbons (Fsp3) is 0.600. The van der Waals surface area contributed by atoms with Gasteiger partial charge in [0.2, 0.25) is 0 Å². The van der Waals surface area contributed by atoms with Gasteiger partial charge in [0.15, 0.2) is 0 Å². The summed E-state index contributed by atoms with van der Waals surface area (Å²) in [5.74, 6) is 0. The number of aryl methyl sites for hydroxylation is 1. The normalized spacial score (nSPS) is 10.2. The van der Waals surface area contributed by atoms with Crippen molar-refractivity contribution in [3.63, 3.8) is 0 Å². The average Bonchev–Trinajstić information content (AvgIpc) is 2.37. The first kappa shape index (κ1) is 23.4. The van der Waals surface area contributed by atoms with Gasteiger partial charge in [-0.1, -0.05) is 58.3 Å². The number of unbranched alkanes of at least 4 members (excludes halogenated alkanes) is 6. The van der Waals surface area contributed by atoms with Crippen LogP contribution in [0.2, 0.25) is 0 Å². The predicted octanol–water partition coefficient (Wildman–Crippen LogP) is 1.13. The Morgan fingerprint density at radius 2 is 1.52 bits per heavy atom. The molecule has 0 aliphatic heterocycles. The van der Waals surface area contributed by atoms with Gasteiger partial charge in [-0.25, -0.2) is 0 Å². The molecule has 0 radical (unpaired) electrons. The summed E-state index contributed by atoms with van der Waals surface area (Å²) >= 11 is 0. The van der Waals surface area contributed by atoms with Crippen LogP contribution in [0.5, 0.6) is 0 Å². The Bertz CT molecular complexity index is 413. The van der Waals surface area contributed by atoms with Gasteiger partial charge in [0, 0.05) is 0 Å². The molecule has 0 aliphatic carbocycles. The zero-order valence-corrected chi connectivity index (χ0v) is 15.9. The van der Waals surface area contributed by atoms with Gasteiger partial charge < -0.3 is 0 Å². The van der Waals surface area contributed by atoms with Gasteiger partial charge in [-0.15, -0.1) is 0 Å². The maximum Gasteiger partial charge on any atom is 1.00 e. The molecule has 1 aromatic carbocycles. The standard InChI is InChI=1S/C15H23.Na.H2O4S/c1-2-3-4-5-6-7-9-12-15-13-10-8-11-14-15;;1-5(2,3)4/h8,10-11,13H,2-7,9,12H2,1H3;;(H2,1,2,3,4)/q-1;+1;. The third-order valence-corrected chi connectivity index (χ3v) is 2.82. The molecule has 1 rings (SSSR count). The molecular weight excluding hydrogens is 299 g/mol. The van der Waals surface area contributed by atoms with Crippen molar-refractivity contribution in [3.8, 4) is 0 Å². The number of hydrogen-bond acceptors (Lipinski definition) is 2. The third kappa shape index (κ3) is 22.5. The average molecular weight is 324 g/mol. The van der Waals surface area contributed by atoms with Gasteiger partial charge in [-0.2, -0.15) is 44.3 Å². The molecule has 0 atom stereocenters. The zero-order chi connectivity index (χ0) is 15.3. The Morgan fingerprint density at radius 3 is 2.00 bits per heavy atom. The van der Waals surface area contributed by atoms with E-state index in [1.165, 1.54) is 56.9 Å². The summed E-state index contributed by atoms with van der Waals surface area (Å²) in [6.45, 7) is 2.27. The second kappa shape index (κ2) is 15.0. The Labute approximate surface area is 151 Å². The van der Waals surface area contributed by atoms with Crippen LogP contribution in [0.15, 0.2) is 24.3 Å². The molecule has 116 valence electrons. The molecule has 1 aromatic rings. The first-order valence-corrected chi connectivity index (χ1v) is 8.48. The topological polar surface area (TPSA) is 74.6 Å². The van der Waals surface area contributed by atoms with Crippen molar-refractivity contribution in [1.29, 1.82) is 0 Å². The summed E-state index contributed by atoms with van der Waals surface area (Å²) in [5, 5.41) is 0. The van der Waals surface area contributed by atoms with Crippen LogP contribution >= 0.6 is 0 Å². The second-order valence-electron chi connectivity index (χ2n) is 4.71. The van der Waals surface area contributed by atoms with Gasteiger partial charge >= 0.3 is 40.0 Å². The van der Waals surface area contributed by atoms with Crippen molar-refractivity contribution < 1.29 is 47.1 Å². The van der Waals surface area contributed by atoms with Crippen molar-refractivity contribution in [2.45, 2.75) is 58.3 Å². The molecule has 0 unspecified atom stereocenters. The summed E-state index contributed by atoms with van der Waals surface area (Å²) in [6, 6.07) is 11.6. The van der Waals surface area contributed by atoms with E-state index >= 15 is 0 Å². The van der Waals surface area contributed by atoms with Crippen molar-refractivity contribution in [2.75, 3.05) is 0 Å². The molecule has 0 aromatic heterocycles. The number of benzene rings is 1. The Kier molecular flexibility index (Phi) is 16.7. The first-order chi connectivity index (χ1) is 9.43. The maximum absolute atomic E-state index is 8.74. The maximum atomic E-state index is 8.74. The minimum Gasteiger partial charge on any atom is -0.264 e. The Hall–Kier alpha value is 0.0900. The molecule has 0 heterocycles. The third-order valence-electron chi connectivity index (χ3n) is 2.82. The van der Waals surface area contributed by atoms with E-state index < -0.39 is 10.4 Å². The molecule has 0 saturated heterocycles.